The Balaban J connectivity index is 1.92. The molecule has 0 saturated carbocycles. The molecular weight excluding hydrogens is 236 g/mol. The van der Waals surface area contributed by atoms with E-state index in [-0.39, 0.29) is 6.23 Å². The van der Waals surface area contributed by atoms with Crippen LogP contribution in [0.1, 0.15) is 18.9 Å². The van der Waals surface area contributed by atoms with Gasteiger partial charge in [0.25, 0.3) is 0 Å². The van der Waals surface area contributed by atoms with Gasteiger partial charge in [0.15, 0.2) is 0 Å². The van der Waals surface area contributed by atoms with Crippen LogP contribution in [0.15, 0.2) is 29.4 Å². The Morgan fingerprint density at radius 2 is 2.35 bits per heavy atom. The first kappa shape index (κ1) is 12.4. The van der Waals surface area contributed by atoms with Crippen molar-refractivity contribution >= 4 is 17.8 Å². The van der Waals surface area contributed by atoms with Crippen LogP contribution in [0.4, 0.5) is 0 Å². The fourth-order valence-corrected chi connectivity index (χ4v) is 2.03. The first-order chi connectivity index (χ1) is 8.15. The molecule has 0 aliphatic carbocycles. The van der Waals surface area contributed by atoms with Gasteiger partial charge in [-0.05, 0) is 23.6 Å². The van der Waals surface area contributed by atoms with Gasteiger partial charge in [0.05, 0.1) is 6.61 Å². The maximum Gasteiger partial charge on any atom is 0.146 e. The number of hydrogen-bond donors (Lipinski definition) is 0. The van der Waals surface area contributed by atoms with Crippen molar-refractivity contribution in [1.29, 1.82) is 0 Å². The Morgan fingerprint density at radius 1 is 1.53 bits per heavy atom. The average molecular weight is 253 g/mol. The zero-order valence-electron chi connectivity index (χ0n) is 10.1. The summed E-state index contributed by atoms with van der Waals surface area (Å²) in [5.41, 5.74) is 1.09. The second kappa shape index (κ2) is 5.52. The van der Waals surface area contributed by atoms with Crippen LogP contribution >= 0.6 is 11.6 Å². The Labute approximate surface area is 107 Å². The van der Waals surface area contributed by atoms with Crippen LogP contribution in [-0.4, -0.2) is 24.5 Å². The summed E-state index contributed by atoms with van der Waals surface area (Å²) in [5, 5.41) is 6.89. The Bertz CT molecular complexity index is 408. The highest BCUT2D eigenvalue weighted by Gasteiger charge is 2.20. The molecule has 1 aliphatic rings. The highest BCUT2D eigenvalue weighted by molar-refractivity contribution is 6.30. The highest BCUT2D eigenvalue weighted by atomic mass is 35.5. The molecule has 17 heavy (non-hydrogen) atoms. The van der Waals surface area contributed by atoms with Crippen LogP contribution in [0.25, 0.3) is 0 Å². The maximum atomic E-state index is 5.93. The van der Waals surface area contributed by atoms with Crippen molar-refractivity contribution in [3.05, 3.63) is 34.9 Å². The molecule has 0 amide bonds. The normalized spacial score (nSPS) is 24.1. The molecule has 1 heterocycles. The zero-order chi connectivity index (χ0) is 12.3. The van der Waals surface area contributed by atoms with E-state index < -0.39 is 0 Å². The smallest absolute Gasteiger partial charge is 0.146 e. The summed E-state index contributed by atoms with van der Waals surface area (Å²) in [7, 11) is 1.94. The van der Waals surface area contributed by atoms with E-state index in [4.69, 9.17) is 16.3 Å². The van der Waals surface area contributed by atoms with Crippen LogP contribution < -0.4 is 0 Å². The third-order valence-electron chi connectivity index (χ3n) is 2.82. The number of hydrogen-bond acceptors (Lipinski definition) is 3. The number of rotatable bonds is 3. The van der Waals surface area contributed by atoms with Crippen LogP contribution in [-0.2, 0) is 11.3 Å². The van der Waals surface area contributed by atoms with Gasteiger partial charge >= 0.3 is 0 Å². The van der Waals surface area contributed by atoms with Gasteiger partial charge in [-0.25, -0.2) is 0 Å². The zero-order valence-corrected chi connectivity index (χ0v) is 10.9. The largest absolute Gasteiger partial charge is 0.352 e. The van der Waals surface area contributed by atoms with Crippen molar-refractivity contribution in [2.75, 3.05) is 7.05 Å². The lowest BCUT2D eigenvalue weighted by Crippen LogP contribution is -2.35. The van der Waals surface area contributed by atoms with Crippen LogP contribution in [0.3, 0.4) is 0 Å². The van der Waals surface area contributed by atoms with Crippen molar-refractivity contribution in [1.82, 2.24) is 5.01 Å². The minimum absolute atomic E-state index is 0.0500. The van der Waals surface area contributed by atoms with Gasteiger partial charge in [-0.1, -0.05) is 30.7 Å². The van der Waals surface area contributed by atoms with E-state index in [0.717, 1.165) is 17.0 Å². The standard InChI is InChI=1S/C13H17ClN2O/c1-10-6-13(16(2)15-8-10)17-9-11-4-3-5-12(14)7-11/h3-5,7-8,10,13H,6,9H2,1-2H3. The number of ether oxygens (including phenoxy) is 1. The molecule has 1 aromatic rings. The molecule has 0 radical (unpaired) electrons. The fraction of sp³-hybridized carbons (Fsp3) is 0.462. The van der Waals surface area contributed by atoms with Crippen molar-refractivity contribution in [2.24, 2.45) is 11.0 Å². The van der Waals surface area contributed by atoms with Crippen LogP contribution in [0.5, 0.6) is 0 Å². The molecule has 2 atom stereocenters. The average Bonchev–Trinajstić information content (AvgIpc) is 2.30. The molecule has 0 saturated heterocycles. The quantitative estimate of drug-likeness (QED) is 0.826. The first-order valence-electron chi connectivity index (χ1n) is 5.78. The molecule has 3 nitrogen and oxygen atoms in total. The topological polar surface area (TPSA) is 24.8 Å². The minimum Gasteiger partial charge on any atom is -0.352 e. The lowest BCUT2D eigenvalue weighted by molar-refractivity contribution is -0.0699. The monoisotopic (exact) mass is 252 g/mol. The van der Waals surface area contributed by atoms with E-state index >= 15 is 0 Å². The van der Waals surface area contributed by atoms with Crippen LogP contribution in [0.2, 0.25) is 5.02 Å². The number of hydrazone groups is 1. The summed E-state index contributed by atoms with van der Waals surface area (Å²) >= 11 is 5.93. The second-order valence-corrected chi connectivity index (χ2v) is 4.88. The van der Waals surface area contributed by atoms with E-state index in [2.05, 4.69) is 12.0 Å². The third kappa shape index (κ3) is 3.45. The predicted octanol–water partition coefficient (Wildman–Crippen LogP) is 3.14. The first-order valence-corrected chi connectivity index (χ1v) is 6.16. The molecular formula is C13H17ClN2O. The minimum atomic E-state index is 0.0500. The molecule has 92 valence electrons. The summed E-state index contributed by atoms with van der Waals surface area (Å²) in [5.74, 6) is 0.468. The lowest BCUT2D eigenvalue weighted by atomic mass is 10.1. The molecule has 2 rings (SSSR count). The van der Waals surface area contributed by atoms with Gasteiger partial charge in [0, 0.05) is 24.7 Å². The molecule has 1 aliphatic heterocycles. The SMILES string of the molecule is CC1C=NN(C)C(OCc2cccc(Cl)c2)C1. The number of nitrogens with zero attached hydrogens (tertiary/aromatic N) is 2. The lowest BCUT2D eigenvalue weighted by Gasteiger charge is -2.30. The number of benzene rings is 1. The number of halogens is 1. The van der Waals surface area contributed by atoms with Gasteiger partial charge in [-0.15, -0.1) is 0 Å². The summed E-state index contributed by atoms with van der Waals surface area (Å²) in [4.78, 5) is 0. The van der Waals surface area contributed by atoms with Crippen molar-refractivity contribution < 1.29 is 4.74 Å². The van der Waals surface area contributed by atoms with Gasteiger partial charge in [-0.3, -0.25) is 5.01 Å². The molecule has 0 fully saturated rings. The summed E-state index contributed by atoms with van der Waals surface area (Å²) in [6.45, 7) is 2.71. The highest BCUT2D eigenvalue weighted by Crippen LogP contribution is 2.18. The van der Waals surface area contributed by atoms with E-state index in [9.17, 15) is 0 Å². The molecule has 0 aromatic heterocycles. The summed E-state index contributed by atoms with van der Waals surface area (Å²) < 4.78 is 5.86. The Hall–Kier alpha value is -1.06. The van der Waals surface area contributed by atoms with Crippen molar-refractivity contribution in [3.63, 3.8) is 0 Å². The van der Waals surface area contributed by atoms with Crippen molar-refractivity contribution in [2.45, 2.75) is 26.2 Å². The molecule has 0 N–H and O–H groups in total. The third-order valence-corrected chi connectivity index (χ3v) is 3.06. The molecule has 2 unspecified atom stereocenters. The van der Waals surface area contributed by atoms with E-state index in [0.29, 0.717) is 12.5 Å². The Morgan fingerprint density at radius 3 is 3.12 bits per heavy atom. The van der Waals surface area contributed by atoms with Crippen molar-refractivity contribution in [3.8, 4) is 0 Å². The maximum absolute atomic E-state index is 5.93. The Kier molecular flexibility index (Phi) is 4.02. The molecule has 1 aromatic carbocycles. The van der Waals surface area contributed by atoms with Gasteiger partial charge in [0.2, 0.25) is 0 Å². The van der Waals surface area contributed by atoms with Gasteiger partial charge < -0.3 is 4.74 Å². The summed E-state index contributed by atoms with van der Waals surface area (Å²) in [6, 6.07) is 7.75. The van der Waals surface area contributed by atoms with E-state index in [1.54, 1.807) is 0 Å². The molecule has 0 bridgehead atoms. The molecule has 0 spiro atoms. The van der Waals surface area contributed by atoms with Gasteiger partial charge in [-0.2, -0.15) is 5.10 Å². The van der Waals surface area contributed by atoms with Gasteiger partial charge in [0.1, 0.15) is 6.23 Å². The predicted molar refractivity (Wildman–Crippen MR) is 70.1 cm³/mol. The second-order valence-electron chi connectivity index (χ2n) is 4.45. The van der Waals surface area contributed by atoms with E-state index in [1.165, 1.54) is 0 Å². The fourth-order valence-electron chi connectivity index (χ4n) is 1.82. The van der Waals surface area contributed by atoms with Crippen LogP contribution in [0, 0.1) is 5.92 Å². The molecule has 4 heteroatoms. The summed E-state index contributed by atoms with van der Waals surface area (Å²) in [6.07, 6.45) is 2.98. The van der Waals surface area contributed by atoms with E-state index in [1.807, 2.05) is 42.5 Å².